The van der Waals surface area contributed by atoms with Gasteiger partial charge >= 0.3 is 0 Å². The second-order valence-electron chi connectivity index (χ2n) is 4.03. The normalized spacial score (nSPS) is 26.5. The summed E-state index contributed by atoms with van der Waals surface area (Å²) in [6.45, 7) is 5.30. The van der Waals surface area contributed by atoms with Crippen LogP contribution in [0.25, 0.3) is 0 Å². The maximum atomic E-state index is 11.8. The molecule has 0 aromatic carbocycles. The number of rotatable bonds is 4. The van der Waals surface area contributed by atoms with Crippen LogP contribution in [0.2, 0.25) is 0 Å². The average molecular weight is 272 g/mol. The minimum Gasteiger partial charge on any atom is -0.313 e. The minimum atomic E-state index is -3.30. The van der Waals surface area contributed by atoms with Crippen molar-refractivity contribution in [2.75, 3.05) is 20.1 Å². The monoisotopic (exact) mass is 271 g/mol. The zero-order chi connectivity index (χ0) is 11.5. The van der Waals surface area contributed by atoms with Gasteiger partial charge in [-0.3, -0.25) is 0 Å². The quantitative estimate of drug-likeness (QED) is 0.775. The van der Waals surface area contributed by atoms with E-state index in [9.17, 15) is 8.42 Å². The molecule has 5 nitrogen and oxygen atoms in total. The third-order valence-corrected chi connectivity index (χ3v) is 4.60. The van der Waals surface area contributed by atoms with E-state index in [1.54, 1.807) is 7.05 Å². The Morgan fingerprint density at radius 3 is 2.62 bits per heavy atom. The number of hydrogen-bond acceptors (Lipinski definition) is 3. The van der Waals surface area contributed by atoms with Gasteiger partial charge in [0.2, 0.25) is 0 Å². The maximum Gasteiger partial charge on any atom is 0.279 e. The average Bonchev–Trinajstić information content (AvgIpc) is 2.20. The molecule has 0 bridgehead atoms. The van der Waals surface area contributed by atoms with Gasteiger partial charge in [0.25, 0.3) is 10.2 Å². The Kier molecular flexibility index (Phi) is 6.81. The molecule has 7 heteroatoms. The van der Waals surface area contributed by atoms with Crippen LogP contribution < -0.4 is 10.0 Å². The molecule has 0 saturated carbocycles. The van der Waals surface area contributed by atoms with Crippen molar-refractivity contribution in [3.8, 4) is 0 Å². The highest BCUT2D eigenvalue weighted by atomic mass is 35.5. The van der Waals surface area contributed by atoms with Gasteiger partial charge in [-0.05, 0) is 26.3 Å². The smallest absolute Gasteiger partial charge is 0.279 e. The van der Waals surface area contributed by atoms with Gasteiger partial charge in [-0.2, -0.15) is 17.4 Å². The summed E-state index contributed by atoms with van der Waals surface area (Å²) < 4.78 is 27.6. The summed E-state index contributed by atoms with van der Waals surface area (Å²) >= 11 is 0. The lowest BCUT2D eigenvalue weighted by Gasteiger charge is -2.31. The molecule has 1 rings (SSSR count). The molecule has 1 saturated heterocycles. The van der Waals surface area contributed by atoms with Crippen LogP contribution in [0.4, 0.5) is 0 Å². The third kappa shape index (κ3) is 4.18. The topological polar surface area (TPSA) is 61.4 Å². The lowest BCUT2D eigenvalue weighted by Crippen LogP contribution is -2.54. The molecular formula is C9H22ClN3O2S. The van der Waals surface area contributed by atoms with Gasteiger partial charge in [-0.25, -0.2) is 0 Å². The Hall–Kier alpha value is 0.120. The van der Waals surface area contributed by atoms with Gasteiger partial charge in [0.1, 0.15) is 0 Å². The van der Waals surface area contributed by atoms with Crippen molar-refractivity contribution in [1.29, 1.82) is 0 Å². The molecule has 0 aromatic heterocycles. The predicted octanol–water partition coefficient (Wildman–Crippen LogP) is 0.335. The van der Waals surface area contributed by atoms with E-state index in [0.29, 0.717) is 6.54 Å². The van der Waals surface area contributed by atoms with Crippen molar-refractivity contribution < 1.29 is 8.42 Å². The summed E-state index contributed by atoms with van der Waals surface area (Å²) in [5.74, 6) is 0. The standard InChI is InChI=1S/C9H21N3O2S.ClH/c1-4-12(3)15(13,14)11-9-6-5-7-10-8(9)2;/h8-11H,4-7H2,1-3H3;1H. The highest BCUT2D eigenvalue weighted by Gasteiger charge is 2.26. The molecule has 0 aliphatic carbocycles. The molecule has 1 fully saturated rings. The van der Waals surface area contributed by atoms with E-state index in [1.165, 1.54) is 4.31 Å². The number of nitrogens with one attached hydrogen (secondary N) is 2. The van der Waals surface area contributed by atoms with Gasteiger partial charge in [-0.15, -0.1) is 12.4 Å². The largest absolute Gasteiger partial charge is 0.313 e. The van der Waals surface area contributed by atoms with Gasteiger partial charge in [-0.1, -0.05) is 6.92 Å². The SMILES string of the molecule is CCN(C)S(=O)(=O)NC1CCCNC1C.Cl. The van der Waals surface area contributed by atoms with Gasteiger partial charge in [0, 0.05) is 25.7 Å². The summed E-state index contributed by atoms with van der Waals surface area (Å²) in [6.07, 6.45) is 1.93. The van der Waals surface area contributed by atoms with Gasteiger partial charge < -0.3 is 5.32 Å². The molecule has 2 unspecified atom stereocenters. The first kappa shape index (κ1) is 16.1. The molecule has 1 aliphatic heterocycles. The van der Waals surface area contributed by atoms with Crippen LogP contribution in [0.5, 0.6) is 0 Å². The second-order valence-corrected chi connectivity index (χ2v) is 5.84. The summed E-state index contributed by atoms with van der Waals surface area (Å²) in [7, 11) is -1.71. The fraction of sp³-hybridized carbons (Fsp3) is 1.00. The van der Waals surface area contributed by atoms with E-state index in [1.807, 2.05) is 13.8 Å². The number of nitrogens with zero attached hydrogens (tertiary/aromatic N) is 1. The van der Waals surface area contributed by atoms with Crippen molar-refractivity contribution in [1.82, 2.24) is 14.3 Å². The molecule has 1 heterocycles. The Morgan fingerprint density at radius 1 is 1.50 bits per heavy atom. The molecule has 2 atom stereocenters. The molecule has 1 aliphatic rings. The van der Waals surface area contributed by atoms with Crippen molar-refractivity contribution in [3.63, 3.8) is 0 Å². The molecule has 0 amide bonds. The fourth-order valence-corrected chi connectivity index (χ4v) is 2.88. The van der Waals surface area contributed by atoms with Crippen LogP contribution in [-0.4, -0.2) is 44.9 Å². The number of piperidine rings is 1. The van der Waals surface area contributed by atoms with Crippen LogP contribution in [0.15, 0.2) is 0 Å². The minimum absolute atomic E-state index is 0. The van der Waals surface area contributed by atoms with Crippen molar-refractivity contribution in [3.05, 3.63) is 0 Å². The Labute approximate surface area is 105 Å². The summed E-state index contributed by atoms with van der Waals surface area (Å²) in [6, 6.07) is 0.219. The molecular weight excluding hydrogens is 250 g/mol. The predicted molar refractivity (Wildman–Crippen MR) is 68.1 cm³/mol. The van der Waals surface area contributed by atoms with E-state index in [4.69, 9.17) is 0 Å². The first-order valence-corrected chi connectivity index (χ1v) is 6.88. The number of halogens is 1. The van der Waals surface area contributed by atoms with Crippen molar-refractivity contribution in [2.24, 2.45) is 0 Å². The molecule has 0 spiro atoms. The van der Waals surface area contributed by atoms with E-state index in [0.717, 1.165) is 19.4 Å². The molecule has 16 heavy (non-hydrogen) atoms. The van der Waals surface area contributed by atoms with Crippen molar-refractivity contribution in [2.45, 2.75) is 38.8 Å². The van der Waals surface area contributed by atoms with Crippen LogP contribution in [0.3, 0.4) is 0 Å². The molecule has 98 valence electrons. The lowest BCUT2D eigenvalue weighted by molar-refractivity contribution is 0.340. The van der Waals surface area contributed by atoms with Crippen LogP contribution >= 0.6 is 12.4 Å². The molecule has 2 N–H and O–H groups in total. The zero-order valence-electron chi connectivity index (χ0n) is 10.1. The Morgan fingerprint density at radius 2 is 2.12 bits per heavy atom. The van der Waals surface area contributed by atoms with Gasteiger partial charge in [0.15, 0.2) is 0 Å². The molecule has 0 aromatic rings. The third-order valence-electron chi connectivity index (χ3n) is 2.92. The lowest BCUT2D eigenvalue weighted by atomic mass is 10.0. The number of hydrogen-bond donors (Lipinski definition) is 2. The van der Waals surface area contributed by atoms with Gasteiger partial charge in [0.05, 0.1) is 0 Å². The summed E-state index contributed by atoms with van der Waals surface area (Å²) in [5.41, 5.74) is 0. The van der Waals surface area contributed by atoms with E-state index in [-0.39, 0.29) is 24.5 Å². The highest BCUT2D eigenvalue weighted by molar-refractivity contribution is 7.87. The van der Waals surface area contributed by atoms with Crippen LogP contribution in [0.1, 0.15) is 26.7 Å². The summed E-state index contributed by atoms with van der Waals surface area (Å²) in [4.78, 5) is 0. The fourth-order valence-electron chi connectivity index (χ4n) is 1.66. The molecule has 0 radical (unpaired) electrons. The first-order chi connectivity index (χ1) is 6.97. The van der Waals surface area contributed by atoms with E-state index < -0.39 is 10.2 Å². The first-order valence-electron chi connectivity index (χ1n) is 5.44. The maximum absolute atomic E-state index is 11.8. The second kappa shape index (κ2) is 6.76. The Balaban J connectivity index is 0.00000225. The highest BCUT2D eigenvalue weighted by Crippen LogP contribution is 2.10. The Bertz CT molecular complexity index is 297. The van der Waals surface area contributed by atoms with Crippen LogP contribution in [0, 0.1) is 0 Å². The van der Waals surface area contributed by atoms with E-state index in [2.05, 4.69) is 10.0 Å². The zero-order valence-corrected chi connectivity index (χ0v) is 11.7. The summed E-state index contributed by atoms with van der Waals surface area (Å²) in [5, 5.41) is 3.27. The van der Waals surface area contributed by atoms with Crippen molar-refractivity contribution >= 4 is 22.6 Å². The van der Waals surface area contributed by atoms with Crippen LogP contribution in [-0.2, 0) is 10.2 Å². The van der Waals surface area contributed by atoms with E-state index >= 15 is 0 Å².